The van der Waals surface area contributed by atoms with Gasteiger partial charge in [0.1, 0.15) is 0 Å². The van der Waals surface area contributed by atoms with E-state index in [2.05, 4.69) is 23.1 Å². The van der Waals surface area contributed by atoms with Crippen LogP contribution in [0.25, 0.3) is 12.2 Å². The number of hydrogen-bond acceptors (Lipinski definition) is 2. The minimum absolute atomic E-state index is 0.931. The van der Waals surface area contributed by atoms with E-state index in [0.29, 0.717) is 0 Å². The van der Waals surface area contributed by atoms with Crippen molar-refractivity contribution in [3.05, 3.63) is 72.8 Å². The molecule has 86 valence electrons. The summed E-state index contributed by atoms with van der Waals surface area (Å²) >= 11 is 0. The van der Waals surface area contributed by atoms with E-state index in [0.717, 1.165) is 11.3 Å². The summed E-state index contributed by atoms with van der Waals surface area (Å²) in [7, 11) is 0. The van der Waals surface area contributed by atoms with E-state index in [1.165, 1.54) is 5.56 Å². The summed E-state index contributed by atoms with van der Waals surface area (Å²) in [5.41, 5.74) is 3.22. The zero-order valence-electron chi connectivity index (χ0n) is 10.0. The van der Waals surface area contributed by atoms with Crippen molar-refractivity contribution in [2.24, 2.45) is 0 Å². The molecular formula is C15H16N2. The highest BCUT2D eigenvalue weighted by molar-refractivity contribution is 5.44. The van der Waals surface area contributed by atoms with Gasteiger partial charge in [-0.05, 0) is 42.3 Å². The highest BCUT2D eigenvalue weighted by Gasteiger charge is 1.83. The molecule has 0 fully saturated rings. The molecule has 0 unspecified atom stereocenters. The van der Waals surface area contributed by atoms with Gasteiger partial charge >= 0.3 is 0 Å². The Morgan fingerprint density at radius 2 is 1.71 bits per heavy atom. The van der Waals surface area contributed by atoms with Crippen molar-refractivity contribution in [1.82, 2.24) is 9.97 Å². The number of rotatable bonds is 2. The first-order valence-corrected chi connectivity index (χ1v) is 5.34. The second-order valence-corrected chi connectivity index (χ2v) is 3.45. The molecule has 0 aliphatic rings. The van der Waals surface area contributed by atoms with Crippen LogP contribution in [0.2, 0.25) is 0 Å². The van der Waals surface area contributed by atoms with Crippen LogP contribution >= 0.6 is 0 Å². The van der Waals surface area contributed by atoms with Crippen LogP contribution < -0.4 is 0 Å². The molecule has 0 aliphatic carbocycles. The maximum atomic E-state index is 4.08. The Balaban J connectivity index is 0.000000171. The summed E-state index contributed by atoms with van der Waals surface area (Å²) in [6.45, 7) is 9.22. The standard InChI is InChI=1S/C8H9N.C7H7N/c1-3-8-5-4-7(2)6-9-8;1-2-7-3-5-8-6-4-7/h3-6H,1H2,2H3;2-6H,1H2. The molecule has 0 atom stereocenters. The molecule has 2 nitrogen and oxygen atoms in total. The third-order valence-electron chi connectivity index (χ3n) is 2.09. The Bertz CT molecular complexity index is 458. The summed E-state index contributed by atoms with van der Waals surface area (Å²) in [5, 5.41) is 0. The Morgan fingerprint density at radius 1 is 1.00 bits per heavy atom. The Labute approximate surface area is 102 Å². The molecule has 0 saturated carbocycles. The number of aromatic nitrogens is 2. The van der Waals surface area contributed by atoms with Crippen molar-refractivity contribution >= 4 is 12.2 Å². The average Bonchev–Trinajstić information content (AvgIpc) is 2.41. The number of pyridine rings is 2. The quantitative estimate of drug-likeness (QED) is 0.776. The molecule has 2 aromatic heterocycles. The van der Waals surface area contributed by atoms with Crippen LogP contribution in [-0.4, -0.2) is 9.97 Å². The van der Waals surface area contributed by atoms with Crippen molar-refractivity contribution in [2.75, 3.05) is 0 Å². The largest absolute Gasteiger partial charge is 0.265 e. The third kappa shape index (κ3) is 4.89. The van der Waals surface area contributed by atoms with Gasteiger partial charge in [0.25, 0.3) is 0 Å². The van der Waals surface area contributed by atoms with Gasteiger partial charge in [-0.15, -0.1) is 0 Å². The first kappa shape index (κ1) is 12.8. The number of aryl methyl sites for hydroxylation is 1. The molecule has 0 saturated heterocycles. The molecule has 0 spiro atoms. The van der Waals surface area contributed by atoms with Gasteiger partial charge < -0.3 is 0 Å². The minimum atomic E-state index is 0.931. The van der Waals surface area contributed by atoms with Gasteiger partial charge in [0.15, 0.2) is 0 Å². The lowest BCUT2D eigenvalue weighted by molar-refractivity contribution is 1.25. The molecular weight excluding hydrogens is 208 g/mol. The smallest absolute Gasteiger partial charge is 0.0623 e. The van der Waals surface area contributed by atoms with Crippen molar-refractivity contribution in [3.8, 4) is 0 Å². The van der Waals surface area contributed by atoms with E-state index in [-0.39, 0.29) is 0 Å². The fraction of sp³-hybridized carbons (Fsp3) is 0.0667. The molecule has 2 heterocycles. The molecule has 2 rings (SSSR count). The lowest BCUT2D eigenvalue weighted by Crippen LogP contribution is -1.78. The second-order valence-electron chi connectivity index (χ2n) is 3.45. The summed E-state index contributed by atoms with van der Waals surface area (Å²) in [6.07, 6.45) is 8.85. The molecule has 0 amide bonds. The highest BCUT2D eigenvalue weighted by atomic mass is 14.7. The third-order valence-corrected chi connectivity index (χ3v) is 2.09. The molecule has 0 bridgehead atoms. The lowest BCUT2D eigenvalue weighted by atomic mass is 10.3. The van der Waals surface area contributed by atoms with E-state index in [4.69, 9.17) is 0 Å². The van der Waals surface area contributed by atoms with Crippen LogP contribution in [0.15, 0.2) is 56.0 Å². The van der Waals surface area contributed by atoms with Crippen LogP contribution in [0, 0.1) is 6.92 Å². The molecule has 0 aromatic carbocycles. The van der Waals surface area contributed by atoms with Crippen LogP contribution in [0.5, 0.6) is 0 Å². The van der Waals surface area contributed by atoms with E-state index < -0.39 is 0 Å². The van der Waals surface area contributed by atoms with Gasteiger partial charge in [-0.1, -0.05) is 25.3 Å². The van der Waals surface area contributed by atoms with E-state index in [1.54, 1.807) is 24.5 Å². The van der Waals surface area contributed by atoms with Crippen molar-refractivity contribution in [2.45, 2.75) is 6.92 Å². The second kappa shape index (κ2) is 7.12. The van der Waals surface area contributed by atoms with Gasteiger partial charge in [-0.3, -0.25) is 9.97 Å². The maximum absolute atomic E-state index is 4.08. The van der Waals surface area contributed by atoms with Crippen molar-refractivity contribution in [3.63, 3.8) is 0 Å². The van der Waals surface area contributed by atoms with Crippen LogP contribution in [0.1, 0.15) is 16.8 Å². The average molecular weight is 224 g/mol. The normalized spacial score (nSPS) is 8.76. The predicted octanol–water partition coefficient (Wildman–Crippen LogP) is 3.76. The van der Waals surface area contributed by atoms with Crippen LogP contribution in [0.4, 0.5) is 0 Å². The molecule has 0 N–H and O–H groups in total. The maximum Gasteiger partial charge on any atom is 0.0623 e. The lowest BCUT2D eigenvalue weighted by Gasteiger charge is -1.90. The Hall–Kier alpha value is -2.22. The van der Waals surface area contributed by atoms with E-state index in [9.17, 15) is 0 Å². The van der Waals surface area contributed by atoms with Gasteiger partial charge in [-0.2, -0.15) is 0 Å². The summed E-state index contributed by atoms with van der Waals surface area (Å²) in [4.78, 5) is 7.92. The molecule has 17 heavy (non-hydrogen) atoms. The van der Waals surface area contributed by atoms with Crippen LogP contribution in [-0.2, 0) is 0 Å². The van der Waals surface area contributed by atoms with Gasteiger partial charge in [-0.25, -0.2) is 0 Å². The summed E-state index contributed by atoms with van der Waals surface area (Å²) < 4.78 is 0. The first-order chi connectivity index (χ1) is 8.26. The SMILES string of the molecule is C=Cc1ccc(C)cn1.C=Cc1ccncc1. The fourth-order valence-corrected chi connectivity index (χ4v) is 1.10. The van der Waals surface area contributed by atoms with Crippen molar-refractivity contribution in [1.29, 1.82) is 0 Å². The fourth-order valence-electron chi connectivity index (χ4n) is 1.10. The summed E-state index contributed by atoms with van der Waals surface area (Å²) in [6, 6.07) is 7.78. The van der Waals surface area contributed by atoms with Gasteiger partial charge in [0, 0.05) is 18.6 Å². The van der Waals surface area contributed by atoms with Gasteiger partial charge in [0.05, 0.1) is 5.69 Å². The summed E-state index contributed by atoms with van der Waals surface area (Å²) in [5.74, 6) is 0. The molecule has 2 heteroatoms. The monoisotopic (exact) mass is 224 g/mol. The number of hydrogen-bond donors (Lipinski definition) is 0. The minimum Gasteiger partial charge on any atom is -0.265 e. The van der Waals surface area contributed by atoms with Gasteiger partial charge in [0.2, 0.25) is 0 Å². The zero-order chi connectivity index (χ0) is 12.5. The predicted molar refractivity (Wildman–Crippen MR) is 73.4 cm³/mol. The molecule has 0 aliphatic heterocycles. The Kier molecular flexibility index (Phi) is 5.38. The number of nitrogens with zero attached hydrogens (tertiary/aromatic N) is 2. The van der Waals surface area contributed by atoms with Crippen molar-refractivity contribution < 1.29 is 0 Å². The molecule has 0 radical (unpaired) electrons. The topological polar surface area (TPSA) is 25.8 Å². The Morgan fingerprint density at radius 3 is 2.12 bits per heavy atom. The zero-order valence-corrected chi connectivity index (χ0v) is 10.0. The van der Waals surface area contributed by atoms with E-state index in [1.807, 2.05) is 37.4 Å². The highest BCUT2D eigenvalue weighted by Crippen LogP contribution is 1.98. The van der Waals surface area contributed by atoms with Crippen LogP contribution in [0.3, 0.4) is 0 Å². The molecule has 2 aromatic rings. The van der Waals surface area contributed by atoms with E-state index >= 15 is 0 Å². The first-order valence-electron chi connectivity index (χ1n) is 5.34.